The Morgan fingerprint density at radius 3 is 2.81 bits per heavy atom. The van der Waals surface area contributed by atoms with E-state index in [4.69, 9.17) is 11.6 Å². The highest BCUT2D eigenvalue weighted by molar-refractivity contribution is 7.91. The van der Waals surface area contributed by atoms with Crippen molar-refractivity contribution in [2.45, 2.75) is 0 Å². The summed E-state index contributed by atoms with van der Waals surface area (Å²) >= 11 is 5.55. The first-order valence-electron chi connectivity index (χ1n) is 3.93. The molecule has 0 fully saturated rings. The van der Waals surface area contributed by atoms with Crippen molar-refractivity contribution in [2.75, 3.05) is 11.8 Å². The zero-order valence-corrected chi connectivity index (χ0v) is 9.67. The smallest absolute Gasteiger partial charge is 0.422 e. The summed E-state index contributed by atoms with van der Waals surface area (Å²) in [6, 6.07) is 2.67. The van der Waals surface area contributed by atoms with Crippen LogP contribution in [-0.4, -0.2) is 26.6 Å². The molecule has 9 heteroatoms. The van der Waals surface area contributed by atoms with E-state index in [2.05, 4.69) is 14.4 Å². The molecule has 1 amide bonds. The van der Waals surface area contributed by atoms with Gasteiger partial charge in [-0.1, -0.05) is 11.6 Å². The average Bonchev–Trinajstić information content (AvgIpc) is 2.15. The number of hydrogen-bond donors (Lipinski definition) is 2. The Bertz CT molecular complexity index is 490. The summed E-state index contributed by atoms with van der Waals surface area (Å²) in [5, 5.41) is 0.123. The maximum Gasteiger partial charge on any atom is 0.422 e. The number of halogens is 1. The lowest BCUT2D eigenvalue weighted by Crippen LogP contribution is -2.35. The molecule has 0 spiro atoms. The van der Waals surface area contributed by atoms with Crippen LogP contribution in [0.3, 0.4) is 0 Å². The number of methoxy groups -OCH3 is 1. The number of anilines is 1. The van der Waals surface area contributed by atoms with Gasteiger partial charge in [0, 0.05) is 6.20 Å². The standard InChI is InChI=1S/C7H8ClN3O4S/c1-15-7(12)11-16(13,14)10-5-2-3-9-6(8)4-5/h2-4H,1H3,(H,9,10)(H,11,12). The number of ether oxygens (including phenoxy) is 1. The van der Waals surface area contributed by atoms with Crippen LogP contribution in [-0.2, 0) is 14.9 Å². The fraction of sp³-hybridized carbons (Fsp3) is 0.143. The van der Waals surface area contributed by atoms with Crippen molar-refractivity contribution in [1.82, 2.24) is 9.71 Å². The van der Waals surface area contributed by atoms with E-state index in [1.54, 1.807) is 4.72 Å². The normalized spacial score (nSPS) is 10.6. The zero-order valence-electron chi connectivity index (χ0n) is 8.10. The SMILES string of the molecule is COC(=O)NS(=O)(=O)Nc1ccnc(Cl)c1. The number of carbonyl (C=O) groups is 1. The fourth-order valence-electron chi connectivity index (χ4n) is 0.798. The monoisotopic (exact) mass is 265 g/mol. The Morgan fingerprint density at radius 1 is 1.56 bits per heavy atom. The van der Waals surface area contributed by atoms with Crippen molar-refractivity contribution < 1.29 is 17.9 Å². The molecule has 88 valence electrons. The van der Waals surface area contributed by atoms with Crippen molar-refractivity contribution >= 4 is 33.6 Å². The molecule has 1 aromatic heterocycles. The van der Waals surface area contributed by atoms with Crippen molar-refractivity contribution in [3.8, 4) is 0 Å². The number of hydrogen-bond acceptors (Lipinski definition) is 5. The second kappa shape index (κ2) is 4.99. The first kappa shape index (κ1) is 12.5. The molecule has 0 bridgehead atoms. The van der Waals surface area contributed by atoms with E-state index >= 15 is 0 Å². The van der Waals surface area contributed by atoms with E-state index in [1.165, 1.54) is 18.3 Å². The molecule has 2 N–H and O–H groups in total. The number of amides is 1. The highest BCUT2D eigenvalue weighted by Crippen LogP contribution is 2.12. The predicted octanol–water partition coefficient (Wildman–Crippen LogP) is 0.748. The van der Waals surface area contributed by atoms with Gasteiger partial charge < -0.3 is 4.74 Å². The number of nitrogens with one attached hydrogen (secondary N) is 2. The first-order chi connectivity index (χ1) is 7.43. The fourth-order valence-corrected chi connectivity index (χ4v) is 1.76. The van der Waals surface area contributed by atoms with E-state index in [-0.39, 0.29) is 10.8 Å². The van der Waals surface area contributed by atoms with E-state index in [0.29, 0.717) is 0 Å². The number of aromatic nitrogens is 1. The van der Waals surface area contributed by atoms with Crippen LogP contribution in [0.1, 0.15) is 0 Å². The lowest BCUT2D eigenvalue weighted by molar-refractivity contribution is 0.177. The summed E-state index contributed by atoms with van der Waals surface area (Å²) in [5.74, 6) is 0. The van der Waals surface area contributed by atoms with Gasteiger partial charge in [-0.15, -0.1) is 0 Å². The third kappa shape index (κ3) is 3.91. The highest BCUT2D eigenvalue weighted by atomic mass is 35.5. The van der Waals surface area contributed by atoms with Gasteiger partial charge in [0.1, 0.15) is 5.15 Å². The van der Waals surface area contributed by atoms with Gasteiger partial charge in [-0.2, -0.15) is 8.42 Å². The van der Waals surface area contributed by atoms with E-state index in [0.717, 1.165) is 7.11 Å². The minimum absolute atomic E-state index is 0.123. The lowest BCUT2D eigenvalue weighted by atomic mass is 10.4. The van der Waals surface area contributed by atoms with Crippen LogP contribution in [0.2, 0.25) is 5.15 Å². The third-order valence-corrected chi connectivity index (χ3v) is 2.53. The van der Waals surface area contributed by atoms with Gasteiger partial charge in [0.25, 0.3) is 0 Å². The molecule has 0 aromatic carbocycles. The molecule has 0 saturated carbocycles. The molecule has 0 aliphatic carbocycles. The minimum atomic E-state index is -4.02. The summed E-state index contributed by atoms with van der Waals surface area (Å²) in [7, 11) is -2.97. The van der Waals surface area contributed by atoms with Crippen molar-refractivity contribution in [3.63, 3.8) is 0 Å². The van der Waals surface area contributed by atoms with Gasteiger partial charge in [0.2, 0.25) is 0 Å². The summed E-state index contributed by atoms with van der Waals surface area (Å²) in [5.41, 5.74) is 0.177. The molecule has 0 unspecified atom stereocenters. The topological polar surface area (TPSA) is 97.4 Å². The van der Waals surface area contributed by atoms with Crippen LogP contribution in [0.15, 0.2) is 18.3 Å². The van der Waals surface area contributed by atoms with Gasteiger partial charge in [-0.25, -0.2) is 14.5 Å². The van der Waals surface area contributed by atoms with Gasteiger partial charge >= 0.3 is 16.3 Å². The molecule has 0 aliphatic heterocycles. The van der Waals surface area contributed by atoms with E-state index in [1.807, 2.05) is 0 Å². The number of nitrogens with zero attached hydrogens (tertiary/aromatic N) is 1. The molecule has 0 atom stereocenters. The van der Waals surface area contributed by atoms with Crippen LogP contribution >= 0.6 is 11.6 Å². The Morgan fingerprint density at radius 2 is 2.25 bits per heavy atom. The van der Waals surface area contributed by atoms with Gasteiger partial charge in [-0.05, 0) is 12.1 Å². The van der Waals surface area contributed by atoms with Gasteiger partial charge in [-0.3, -0.25) is 4.72 Å². The third-order valence-electron chi connectivity index (χ3n) is 1.38. The molecule has 1 heterocycles. The first-order valence-corrected chi connectivity index (χ1v) is 5.79. The predicted molar refractivity (Wildman–Crippen MR) is 57.3 cm³/mol. The maximum atomic E-state index is 11.3. The summed E-state index contributed by atoms with van der Waals surface area (Å²) in [6.07, 6.45) is 0.228. The minimum Gasteiger partial charge on any atom is -0.452 e. The Balaban J connectivity index is 2.77. The van der Waals surface area contributed by atoms with Crippen molar-refractivity contribution in [2.24, 2.45) is 0 Å². The van der Waals surface area contributed by atoms with Crippen LogP contribution in [0.5, 0.6) is 0 Å². The molecule has 0 aliphatic rings. The molecule has 1 aromatic rings. The molecule has 7 nitrogen and oxygen atoms in total. The maximum absolute atomic E-state index is 11.3. The molecule has 16 heavy (non-hydrogen) atoms. The van der Waals surface area contributed by atoms with Crippen LogP contribution < -0.4 is 9.44 Å². The van der Waals surface area contributed by atoms with Crippen LogP contribution in [0, 0.1) is 0 Å². The summed E-state index contributed by atoms with van der Waals surface area (Å²) in [4.78, 5) is 14.4. The number of rotatable bonds is 3. The van der Waals surface area contributed by atoms with Crippen molar-refractivity contribution in [1.29, 1.82) is 0 Å². The lowest BCUT2D eigenvalue weighted by Gasteiger charge is -2.07. The summed E-state index contributed by atoms with van der Waals surface area (Å²) in [6.45, 7) is 0. The van der Waals surface area contributed by atoms with Gasteiger partial charge in [0.15, 0.2) is 0 Å². The Labute approximate surface area is 97.0 Å². The molecule has 0 radical (unpaired) electrons. The second-order valence-electron chi connectivity index (χ2n) is 2.57. The van der Waals surface area contributed by atoms with E-state index in [9.17, 15) is 13.2 Å². The molecular formula is C7H8ClN3O4S. The molecule has 1 rings (SSSR count). The highest BCUT2D eigenvalue weighted by Gasteiger charge is 2.14. The Kier molecular flexibility index (Phi) is 3.91. The molecular weight excluding hydrogens is 258 g/mol. The number of carbonyl (C=O) groups excluding carboxylic acids is 1. The second-order valence-corrected chi connectivity index (χ2v) is 4.37. The molecule has 0 saturated heterocycles. The average molecular weight is 266 g/mol. The zero-order chi connectivity index (χ0) is 12.2. The quantitative estimate of drug-likeness (QED) is 0.786. The van der Waals surface area contributed by atoms with Crippen LogP contribution in [0.4, 0.5) is 10.5 Å². The number of pyridine rings is 1. The largest absolute Gasteiger partial charge is 0.452 e. The van der Waals surface area contributed by atoms with Gasteiger partial charge in [0.05, 0.1) is 12.8 Å². The van der Waals surface area contributed by atoms with Crippen LogP contribution in [0.25, 0.3) is 0 Å². The summed E-state index contributed by atoms with van der Waals surface area (Å²) < 4.78 is 30.4. The van der Waals surface area contributed by atoms with E-state index < -0.39 is 16.3 Å². The Hall–Kier alpha value is -1.54. The van der Waals surface area contributed by atoms with Crippen molar-refractivity contribution in [3.05, 3.63) is 23.5 Å².